The van der Waals surface area contributed by atoms with Crippen molar-refractivity contribution in [3.8, 4) is 5.75 Å². The largest absolute Gasteiger partial charge is 0.507 e. The monoisotopic (exact) mass is 243 g/mol. The topological polar surface area (TPSA) is 98.1 Å². The summed E-state index contributed by atoms with van der Waals surface area (Å²) in [4.78, 5) is 0. The van der Waals surface area contributed by atoms with Crippen LogP contribution in [0.15, 0.2) is 24.3 Å². The van der Waals surface area contributed by atoms with Crippen LogP contribution in [0.1, 0.15) is 5.56 Å². The molecule has 0 spiro atoms. The van der Waals surface area contributed by atoms with Crippen LogP contribution >= 0.6 is 0 Å². The van der Waals surface area contributed by atoms with Gasteiger partial charge < -0.3 is 10.2 Å². The second-order valence-electron chi connectivity index (χ2n) is 3.27. The molecule has 86 valence electrons. The number of hydrogen-bond donors (Lipinski definition) is 3. The number of rotatable bonds is 1. The fourth-order valence-corrected chi connectivity index (χ4v) is 2.25. The van der Waals surface area contributed by atoms with Crippen molar-refractivity contribution in [1.82, 2.24) is 0 Å². The van der Waals surface area contributed by atoms with E-state index in [2.05, 4.69) is 0 Å². The third-order valence-electron chi connectivity index (χ3n) is 2.27. The average Bonchev–Trinajstić information content (AvgIpc) is 2.16. The summed E-state index contributed by atoms with van der Waals surface area (Å²) in [5.74, 6) is -0.465. The number of aromatic hydroxyl groups is 1. The Morgan fingerprint density at radius 1 is 1.25 bits per heavy atom. The fraction of sp³-hybridized carbons (Fsp3) is 0.111. The van der Waals surface area contributed by atoms with Crippen molar-refractivity contribution >= 4 is 21.8 Å². The lowest BCUT2D eigenvalue weighted by Gasteiger charge is -2.26. The zero-order valence-electron chi connectivity index (χ0n) is 8.03. The van der Waals surface area contributed by atoms with Crippen molar-refractivity contribution in [1.29, 1.82) is 0 Å². The van der Waals surface area contributed by atoms with Gasteiger partial charge in [0.15, 0.2) is 0 Å². The first-order valence-electron chi connectivity index (χ1n) is 4.38. The molecular weight excluding hydrogens is 234 g/mol. The highest BCUT2D eigenvalue weighted by molar-refractivity contribution is 7.87. The van der Waals surface area contributed by atoms with Crippen LogP contribution in [0.3, 0.4) is 0 Å². The SMILES string of the molecule is O=S(=O)(O)N1CC=C(O)c2c(O)cccc21. The van der Waals surface area contributed by atoms with E-state index in [0.29, 0.717) is 4.31 Å². The highest BCUT2D eigenvalue weighted by Gasteiger charge is 2.28. The normalized spacial score (nSPS) is 15.6. The van der Waals surface area contributed by atoms with Gasteiger partial charge in [-0.15, -0.1) is 0 Å². The van der Waals surface area contributed by atoms with E-state index >= 15 is 0 Å². The molecule has 0 radical (unpaired) electrons. The Kier molecular flexibility index (Phi) is 2.28. The lowest BCUT2D eigenvalue weighted by Crippen LogP contribution is -2.33. The minimum absolute atomic E-state index is 0.00799. The number of aliphatic hydroxyl groups is 1. The van der Waals surface area contributed by atoms with Gasteiger partial charge in [0, 0.05) is 0 Å². The van der Waals surface area contributed by atoms with Crippen molar-refractivity contribution in [2.24, 2.45) is 0 Å². The first-order chi connectivity index (χ1) is 7.41. The third kappa shape index (κ3) is 1.59. The minimum atomic E-state index is -4.41. The molecule has 0 saturated carbocycles. The molecule has 1 aromatic rings. The number of anilines is 1. The molecule has 1 aliphatic rings. The number of aliphatic hydroxyl groups excluding tert-OH is 1. The molecule has 0 fully saturated rings. The number of hydrogen-bond acceptors (Lipinski definition) is 4. The molecule has 0 atom stereocenters. The van der Waals surface area contributed by atoms with Gasteiger partial charge >= 0.3 is 10.3 Å². The second kappa shape index (κ2) is 3.39. The van der Waals surface area contributed by atoms with Gasteiger partial charge in [-0.1, -0.05) is 6.07 Å². The maximum Gasteiger partial charge on any atom is 0.360 e. The molecule has 6 nitrogen and oxygen atoms in total. The van der Waals surface area contributed by atoms with Crippen molar-refractivity contribution < 1.29 is 23.2 Å². The van der Waals surface area contributed by atoms with Gasteiger partial charge in [-0.05, 0) is 18.2 Å². The summed E-state index contributed by atoms with van der Waals surface area (Å²) in [6.45, 7) is -0.179. The average molecular weight is 243 g/mol. The Balaban J connectivity index is 2.69. The molecule has 1 heterocycles. The molecule has 0 unspecified atom stereocenters. The van der Waals surface area contributed by atoms with E-state index in [-0.39, 0.29) is 29.3 Å². The minimum Gasteiger partial charge on any atom is -0.507 e. The summed E-state index contributed by atoms with van der Waals surface area (Å²) in [6.07, 6.45) is 1.19. The van der Waals surface area contributed by atoms with Crippen LogP contribution < -0.4 is 4.31 Å². The van der Waals surface area contributed by atoms with Crippen LogP contribution in [0, 0.1) is 0 Å². The fourth-order valence-electron chi connectivity index (χ4n) is 1.59. The first kappa shape index (κ1) is 10.8. The first-order valence-corrected chi connectivity index (χ1v) is 5.77. The molecule has 2 rings (SSSR count). The number of nitrogens with zero attached hydrogens (tertiary/aromatic N) is 1. The lowest BCUT2D eigenvalue weighted by atomic mass is 10.1. The van der Waals surface area contributed by atoms with Gasteiger partial charge in [0.2, 0.25) is 0 Å². The smallest absolute Gasteiger partial charge is 0.360 e. The molecule has 0 aromatic heterocycles. The van der Waals surface area contributed by atoms with Crippen molar-refractivity contribution in [3.05, 3.63) is 29.8 Å². The van der Waals surface area contributed by atoms with Crippen LogP contribution in [-0.4, -0.2) is 29.7 Å². The molecule has 3 N–H and O–H groups in total. The third-order valence-corrected chi connectivity index (χ3v) is 3.18. The summed E-state index contributed by atoms with van der Waals surface area (Å²) in [5, 5.41) is 19.0. The summed E-state index contributed by atoms with van der Waals surface area (Å²) < 4.78 is 31.8. The van der Waals surface area contributed by atoms with Crippen LogP contribution in [0.4, 0.5) is 5.69 Å². The Labute approximate surface area is 91.9 Å². The predicted octanol–water partition coefficient (Wildman–Crippen LogP) is 0.914. The van der Waals surface area contributed by atoms with E-state index in [1.54, 1.807) is 0 Å². The van der Waals surface area contributed by atoms with Gasteiger partial charge in [-0.25, -0.2) is 4.31 Å². The van der Waals surface area contributed by atoms with E-state index in [4.69, 9.17) is 4.55 Å². The summed E-state index contributed by atoms with van der Waals surface area (Å²) in [5.41, 5.74) is 0.0360. The zero-order chi connectivity index (χ0) is 11.9. The zero-order valence-corrected chi connectivity index (χ0v) is 8.85. The summed E-state index contributed by atoms with van der Waals surface area (Å²) in [7, 11) is -4.41. The van der Waals surface area contributed by atoms with Crippen LogP contribution in [0.25, 0.3) is 5.76 Å². The van der Waals surface area contributed by atoms with Gasteiger partial charge in [0.25, 0.3) is 0 Å². The standard InChI is InChI=1S/C9H9NO5S/c11-7-3-1-2-6-9(7)8(12)4-5-10(6)16(13,14)15/h1-4,11-12H,5H2,(H,13,14,15). The van der Waals surface area contributed by atoms with Gasteiger partial charge in [0.05, 0.1) is 17.8 Å². The molecule has 0 saturated heterocycles. The number of fused-ring (bicyclic) bond motifs is 1. The maximum atomic E-state index is 11.1. The molecule has 1 aliphatic heterocycles. The van der Waals surface area contributed by atoms with Gasteiger partial charge in [-0.2, -0.15) is 8.42 Å². The van der Waals surface area contributed by atoms with Gasteiger partial charge in [-0.3, -0.25) is 4.55 Å². The number of phenols is 1. The Hall–Kier alpha value is -1.73. The van der Waals surface area contributed by atoms with Gasteiger partial charge in [0.1, 0.15) is 11.5 Å². The van der Waals surface area contributed by atoms with E-state index in [1.165, 1.54) is 24.3 Å². The van der Waals surface area contributed by atoms with E-state index in [1.807, 2.05) is 0 Å². The summed E-state index contributed by atoms with van der Waals surface area (Å²) in [6, 6.07) is 4.12. The molecule has 0 aliphatic carbocycles. The Morgan fingerprint density at radius 2 is 1.94 bits per heavy atom. The Morgan fingerprint density at radius 3 is 2.56 bits per heavy atom. The molecule has 16 heavy (non-hydrogen) atoms. The summed E-state index contributed by atoms with van der Waals surface area (Å²) >= 11 is 0. The maximum absolute atomic E-state index is 11.1. The molecule has 1 aromatic carbocycles. The van der Waals surface area contributed by atoms with Crippen molar-refractivity contribution in [2.45, 2.75) is 0 Å². The molecular formula is C9H9NO5S. The Bertz CT molecular complexity index is 563. The molecule has 0 amide bonds. The lowest BCUT2D eigenvalue weighted by molar-refractivity contribution is 0.457. The van der Waals surface area contributed by atoms with Crippen molar-refractivity contribution in [2.75, 3.05) is 10.8 Å². The van der Waals surface area contributed by atoms with E-state index in [9.17, 15) is 18.6 Å². The van der Waals surface area contributed by atoms with Crippen LogP contribution in [-0.2, 0) is 10.3 Å². The second-order valence-corrected chi connectivity index (χ2v) is 4.61. The van der Waals surface area contributed by atoms with E-state index < -0.39 is 10.3 Å². The number of benzene rings is 1. The highest BCUT2D eigenvalue weighted by Crippen LogP contribution is 2.37. The molecule has 7 heteroatoms. The number of phenolic OH excluding ortho intramolecular Hbond substituents is 1. The quantitative estimate of drug-likeness (QED) is 0.637. The highest BCUT2D eigenvalue weighted by atomic mass is 32.2. The predicted molar refractivity (Wildman–Crippen MR) is 57.6 cm³/mol. The van der Waals surface area contributed by atoms with Crippen LogP contribution in [0.2, 0.25) is 0 Å². The van der Waals surface area contributed by atoms with Crippen molar-refractivity contribution in [3.63, 3.8) is 0 Å². The molecule has 0 bridgehead atoms. The van der Waals surface area contributed by atoms with E-state index in [0.717, 1.165) is 0 Å². The van der Waals surface area contributed by atoms with Crippen LogP contribution in [0.5, 0.6) is 5.75 Å².